The number of hydrogen-bond donors (Lipinski definition) is 0. The van der Waals surface area contributed by atoms with Crippen LogP contribution in [0, 0.1) is 17.8 Å². The topological polar surface area (TPSA) is 26.3 Å². The van der Waals surface area contributed by atoms with E-state index in [2.05, 4.69) is 19.1 Å². The van der Waals surface area contributed by atoms with Gasteiger partial charge in [0.05, 0.1) is 0 Å². The molecule has 0 heterocycles. The van der Waals surface area contributed by atoms with Gasteiger partial charge in [0.1, 0.15) is 12.4 Å². The number of hydrogen-bond acceptors (Lipinski definition) is 2. The van der Waals surface area contributed by atoms with Crippen molar-refractivity contribution in [2.24, 2.45) is 17.8 Å². The lowest BCUT2D eigenvalue weighted by Crippen LogP contribution is -2.25. The highest BCUT2D eigenvalue weighted by Crippen LogP contribution is 2.48. The van der Waals surface area contributed by atoms with E-state index < -0.39 is 0 Å². The molecule has 0 spiro atoms. The van der Waals surface area contributed by atoms with Crippen molar-refractivity contribution in [1.82, 2.24) is 0 Å². The fraction of sp³-hybridized carbons (Fsp3) is 0.696. The van der Waals surface area contributed by atoms with E-state index in [1.54, 1.807) is 0 Å². The molecule has 0 bridgehead atoms. The molecule has 2 aliphatic rings. The maximum atomic E-state index is 10.6. The van der Waals surface area contributed by atoms with Gasteiger partial charge in [0, 0.05) is 0 Å². The largest absolute Gasteiger partial charge is 0.486 e. The van der Waals surface area contributed by atoms with E-state index in [9.17, 15) is 4.79 Å². The maximum Gasteiger partial charge on any atom is 0.157 e. The molecule has 2 heteroatoms. The number of carbonyl (C=O) groups excluding carboxylic acids is 1. The SMILES string of the molecule is CCCCCCCCC1CCC2Cc3c(cccc3OCC=O)C[C@H]12. The first-order valence-corrected chi connectivity index (χ1v) is 10.5. The molecule has 0 amide bonds. The second kappa shape index (κ2) is 9.40. The minimum Gasteiger partial charge on any atom is -0.486 e. The molecule has 1 saturated carbocycles. The highest BCUT2D eigenvalue weighted by Gasteiger charge is 2.39. The number of fused-ring (bicyclic) bond motifs is 2. The van der Waals surface area contributed by atoms with E-state index in [-0.39, 0.29) is 6.61 Å². The second-order valence-electron chi connectivity index (χ2n) is 8.10. The molecular formula is C23H34O2. The lowest BCUT2D eigenvalue weighted by molar-refractivity contribution is -0.109. The molecule has 2 nitrogen and oxygen atoms in total. The van der Waals surface area contributed by atoms with Gasteiger partial charge in [-0.25, -0.2) is 0 Å². The van der Waals surface area contributed by atoms with E-state index in [1.165, 1.54) is 75.3 Å². The van der Waals surface area contributed by atoms with Crippen molar-refractivity contribution < 1.29 is 9.53 Å². The molecule has 0 radical (unpaired) electrons. The third-order valence-electron chi connectivity index (χ3n) is 6.51. The van der Waals surface area contributed by atoms with Gasteiger partial charge >= 0.3 is 0 Å². The second-order valence-corrected chi connectivity index (χ2v) is 8.10. The summed E-state index contributed by atoms with van der Waals surface area (Å²) in [5.74, 6) is 3.59. The molecule has 0 aliphatic heterocycles. The predicted octanol–water partition coefficient (Wildman–Crippen LogP) is 5.76. The van der Waals surface area contributed by atoms with Gasteiger partial charge in [-0.1, -0.05) is 64.0 Å². The monoisotopic (exact) mass is 342 g/mol. The predicted molar refractivity (Wildman–Crippen MR) is 103 cm³/mol. The number of aldehydes is 1. The van der Waals surface area contributed by atoms with Gasteiger partial charge < -0.3 is 4.74 Å². The molecule has 0 saturated heterocycles. The quantitative estimate of drug-likeness (QED) is 0.399. The Bertz CT molecular complexity index is 551. The third kappa shape index (κ3) is 4.65. The fourth-order valence-electron chi connectivity index (χ4n) is 5.18. The number of carbonyl (C=O) groups is 1. The minimum atomic E-state index is 0.172. The zero-order valence-electron chi connectivity index (χ0n) is 15.8. The smallest absolute Gasteiger partial charge is 0.157 e. The van der Waals surface area contributed by atoms with Crippen LogP contribution in [0.4, 0.5) is 0 Å². The zero-order chi connectivity index (χ0) is 17.5. The molecule has 0 N–H and O–H groups in total. The average molecular weight is 343 g/mol. The lowest BCUT2D eigenvalue weighted by Gasteiger charge is -2.32. The fourth-order valence-corrected chi connectivity index (χ4v) is 5.18. The molecule has 1 aromatic carbocycles. The molecule has 1 fully saturated rings. The summed E-state index contributed by atoms with van der Waals surface area (Å²) in [5, 5.41) is 0. The Labute approximate surface area is 153 Å². The first-order valence-electron chi connectivity index (χ1n) is 10.5. The summed E-state index contributed by atoms with van der Waals surface area (Å²) in [6.07, 6.45) is 15.9. The Morgan fingerprint density at radius 3 is 2.76 bits per heavy atom. The van der Waals surface area contributed by atoms with E-state index in [0.29, 0.717) is 0 Å². The van der Waals surface area contributed by atoms with Crippen LogP contribution in [0.2, 0.25) is 0 Å². The van der Waals surface area contributed by atoms with Crippen LogP contribution in [0.25, 0.3) is 0 Å². The van der Waals surface area contributed by atoms with Crippen molar-refractivity contribution in [2.45, 2.75) is 77.6 Å². The number of unbranched alkanes of at least 4 members (excludes halogenated alkanes) is 5. The van der Waals surface area contributed by atoms with Crippen molar-refractivity contribution in [3.8, 4) is 5.75 Å². The molecule has 0 aromatic heterocycles. The minimum absolute atomic E-state index is 0.172. The van der Waals surface area contributed by atoms with Crippen molar-refractivity contribution in [1.29, 1.82) is 0 Å². The first kappa shape index (κ1) is 18.5. The molecular weight excluding hydrogens is 308 g/mol. The third-order valence-corrected chi connectivity index (χ3v) is 6.51. The average Bonchev–Trinajstić information content (AvgIpc) is 3.03. The molecule has 2 unspecified atom stereocenters. The number of benzene rings is 1. The van der Waals surface area contributed by atoms with Crippen LogP contribution in [0.3, 0.4) is 0 Å². The molecule has 1 aromatic rings. The van der Waals surface area contributed by atoms with Crippen LogP contribution in [0.15, 0.2) is 18.2 Å². The van der Waals surface area contributed by atoms with Crippen LogP contribution in [-0.4, -0.2) is 12.9 Å². The van der Waals surface area contributed by atoms with Gasteiger partial charge in [-0.2, -0.15) is 0 Å². The van der Waals surface area contributed by atoms with Crippen LogP contribution in [0.5, 0.6) is 5.75 Å². The summed E-state index contributed by atoms with van der Waals surface area (Å²) >= 11 is 0. The Morgan fingerprint density at radius 2 is 1.92 bits per heavy atom. The van der Waals surface area contributed by atoms with Crippen LogP contribution >= 0.6 is 0 Å². The van der Waals surface area contributed by atoms with Gasteiger partial charge in [0.2, 0.25) is 0 Å². The molecule has 138 valence electrons. The summed E-state index contributed by atoms with van der Waals surface area (Å²) in [4.78, 5) is 10.6. The Balaban J connectivity index is 1.54. The van der Waals surface area contributed by atoms with Crippen LogP contribution in [-0.2, 0) is 17.6 Å². The Kier molecular flexibility index (Phi) is 6.95. The first-order chi connectivity index (χ1) is 12.3. The van der Waals surface area contributed by atoms with Crippen molar-refractivity contribution in [3.05, 3.63) is 29.3 Å². The Hall–Kier alpha value is -1.31. The zero-order valence-corrected chi connectivity index (χ0v) is 15.8. The van der Waals surface area contributed by atoms with Gasteiger partial charge in [0.25, 0.3) is 0 Å². The summed E-state index contributed by atoms with van der Waals surface area (Å²) < 4.78 is 5.67. The Morgan fingerprint density at radius 1 is 1.08 bits per heavy atom. The van der Waals surface area contributed by atoms with Crippen molar-refractivity contribution in [3.63, 3.8) is 0 Å². The normalized spacial score (nSPS) is 24.6. The molecule has 2 aliphatic carbocycles. The standard InChI is InChI=1S/C23H34O2/c1-2-3-4-5-6-7-9-18-12-13-20-17-22-19(16-21(18)20)10-8-11-23(22)25-15-14-24/h8,10-11,14,18,20-21H,2-7,9,12-13,15-17H2,1H3/t18?,20?,21-/m1/s1. The van der Waals surface area contributed by atoms with Gasteiger partial charge in [0.15, 0.2) is 6.29 Å². The number of ether oxygens (including phenoxy) is 1. The van der Waals surface area contributed by atoms with Crippen LogP contribution in [0.1, 0.15) is 75.8 Å². The maximum absolute atomic E-state index is 10.6. The summed E-state index contributed by atoms with van der Waals surface area (Å²) in [7, 11) is 0. The van der Waals surface area contributed by atoms with E-state index >= 15 is 0 Å². The highest BCUT2D eigenvalue weighted by atomic mass is 16.5. The van der Waals surface area contributed by atoms with Crippen LogP contribution < -0.4 is 4.74 Å². The summed E-state index contributed by atoms with van der Waals surface area (Å²) in [6, 6.07) is 6.40. The highest BCUT2D eigenvalue weighted by molar-refractivity contribution is 5.52. The molecule has 3 atom stereocenters. The lowest BCUT2D eigenvalue weighted by atomic mass is 9.73. The molecule has 3 rings (SSSR count). The van der Waals surface area contributed by atoms with Gasteiger partial charge in [-0.15, -0.1) is 0 Å². The van der Waals surface area contributed by atoms with E-state index in [0.717, 1.165) is 36.2 Å². The van der Waals surface area contributed by atoms with Gasteiger partial charge in [-0.3, -0.25) is 4.79 Å². The summed E-state index contributed by atoms with van der Waals surface area (Å²) in [6.45, 7) is 2.46. The van der Waals surface area contributed by atoms with E-state index in [1.807, 2.05) is 6.07 Å². The van der Waals surface area contributed by atoms with Gasteiger partial charge in [-0.05, 0) is 60.6 Å². The van der Waals surface area contributed by atoms with Crippen molar-refractivity contribution >= 4 is 6.29 Å². The summed E-state index contributed by atoms with van der Waals surface area (Å²) in [5.41, 5.74) is 2.85. The van der Waals surface area contributed by atoms with Crippen molar-refractivity contribution in [2.75, 3.05) is 6.61 Å². The molecule has 25 heavy (non-hydrogen) atoms. The number of rotatable bonds is 10. The van der Waals surface area contributed by atoms with E-state index in [4.69, 9.17) is 4.74 Å².